The van der Waals surface area contributed by atoms with E-state index in [1.54, 1.807) is 4.68 Å². The lowest BCUT2D eigenvalue weighted by Gasteiger charge is -2.10. The SMILES string of the molecule is Cc1cc(C(=O)CSc2nnnn2-c2ccccc2)c(C)n1Cc1ccccc1. The standard InChI is InChI=1S/C22H21N5OS/c1-16-13-20(17(2)26(16)14-18-9-5-3-6-10-18)21(28)15-29-22-23-24-25-27(22)19-11-7-4-8-12-19/h3-13H,14-15H2,1-2H3. The second-order valence-electron chi connectivity index (χ2n) is 6.78. The molecule has 2 heterocycles. The number of carbonyl (C=O) groups excluding carboxylic acids is 1. The molecule has 146 valence electrons. The molecule has 0 aliphatic carbocycles. The third kappa shape index (κ3) is 4.14. The first-order valence-corrected chi connectivity index (χ1v) is 10.3. The van der Waals surface area contributed by atoms with Crippen LogP contribution in [0.15, 0.2) is 71.9 Å². The van der Waals surface area contributed by atoms with Crippen molar-refractivity contribution < 1.29 is 4.79 Å². The summed E-state index contributed by atoms with van der Waals surface area (Å²) < 4.78 is 3.83. The Morgan fingerprint density at radius 1 is 1.00 bits per heavy atom. The Kier molecular flexibility index (Phi) is 5.57. The fourth-order valence-corrected chi connectivity index (χ4v) is 4.07. The number of nitrogens with zero attached hydrogens (tertiary/aromatic N) is 5. The maximum Gasteiger partial charge on any atom is 0.214 e. The molecule has 0 saturated carbocycles. The van der Waals surface area contributed by atoms with Gasteiger partial charge in [0.15, 0.2) is 5.78 Å². The third-order valence-corrected chi connectivity index (χ3v) is 5.75. The number of tetrazole rings is 1. The Labute approximate surface area is 173 Å². The highest BCUT2D eigenvalue weighted by Crippen LogP contribution is 2.22. The summed E-state index contributed by atoms with van der Waals surface area (Å²) in [6.45, 7) is 4.79. The van der Waals surface area contributed by atoms with E-state index < -0.39 is 0 Å². The first-order chi connectivity index (χ1) is 14.1. The van der Waals surface area contributed by atoms with E-state index in [1.807, 2.05) is 68.4 Å². The number of hydrogen-bond acceptors (Lipinski definition) is 5. The molecule has 0 aliphatic rings. The van der Waals surface area contributed by atoms with Crippen LogP contribution >= 0.6 is 11.8 Å². The molecule has 0 N–H and O–H groups in total. The fourth-order valence-electron chi connectivity index (χ4n) is 3.30. The number of aromatic nitrogens is 5. The van der Waals surface area contributed by atoms with Gasteiger partial charge in [0.05, 0.1) is 11.4 Å². The van der Waals surface area contributed by atoms with Crippen molar-refractivity contribution >= 4 is 17.5 Å². The van der Waals surface area contributed by atoms with Gasteiger partial charge >= 0.3 is 0 Å². The fraction of sp³-hybridized carbons (Fsp3) is 0.182. The van der Waals surface area contributed by atoms with Gasteiger partial charge in [0.2, 0.25) is 5.16 Å². The largest absolute Gasteiger partial charge is 0.344 e. The van der Waals surface area contributed by atoms with Gasteiger partial charge in [-0.3, -0.25) is 4.79 Å². The van der Waals surface area contributed by atoms with Crippen LogP contribution in [0.25, 0.3) is 5.69 Å². The number of thioether (sulfide) groups is 1. The summed E-state index contributed by atoms with van der Waals surface area (Å²) in [5.74, 6) is 0.355. The quantitative estimate of drug-likeness (QED) is 0.343. The number of Topliss-reactive ketones (excluding diaryl/α,β-unsaturated/α-hetero) is 1. The zero-order valence-corrected chi connectivity index (χ0v) is 17.1. The normalized spacial score (nSPS) is 11.0. The van der Waals surface area contributed by atoms with Gasteiger partial charge in [0.1, 0.15) is 0 Å². The van der Waals surface area contributed by atoms with Crippen LogP contribution in [0.2, 0.25) is 0 Å². The molecule has 6 nitrogen and oxygen atoms in total. The smallest absolute Gasteiger partial charge is 0.214 e. The van der Waals surface area contributed by atoms with Crippen molar-refractivity contribution in [3.63, 3.8) is 0 Å². The lowest BCUT2D eigenvalue weighted by atomic mass is 10.2. The van der Waals surface area contributed by atoms with Gasteiger partial charge in [0.25, 0.3) is 0 Å². The van der Waals surface area contributed by atoms with Crippen LogP contribution in [0.4, 0.5) is 0 Å². The van der Waals surface area contributed by atoms with E-state index in [1.165, 1.54) is 17.3 Å². The summed E-state index contributed by atoms with van der Waals surface area (Å²) in [5.41, 5.74) is 4.90. The molecule has 0 radical (unpaired) electrons. The zero-order chi connectivity index (χ0) is 20.2. The Balaban J connectivity index is 1.49. The van der Waals surface area contributed by atoms with Crippen LogP contribution in [0.3, 0.4) is 0 Å². The molecule has 0 atom stereocenters. The number of carbonyl (C=O) groups is 1. The predicted octanol–water partition coefficient (Wildman–Crippen LogP) is 4.10. The summed E-state index contributed by atoms with van der Waals surface area (Å²) in [6, 6.07) is 21.9. The van der Waals surface area contributed by atoms with Crippen molar-refractivity contribution in [3.8, 4) is 5.69 Å². The van der Waals surface area contributed by atoms with Crippen LogP contribution < -0.4 is 0 Å². The number of ketones is 1. The molecule has 0 bridgehead atoms. The number of para-hydroxylation sites is 1. The molecule has 0 amide bonds. The zero-order valence-electron chi connectivity index (χ0n) is 16.3. The van der Waals surface area contributed by atoms with Crippen molar-refractivity contribution in [2.45, 2.75) is 25.5 Å². The topological polar surface area (TPSA) is 65.6 Å². The Morgan fingerprint density at radius 2 is 1.69 bits per heavy atom. The number of aryl methyl sites for hydroxylation is 1. The summed E-state index contributed by atoms with van der Waals surface area (Å²) in [4.78, 5) is 12.9. The molecule has 0 spiro atoms. The molecule has 2 aromatic heterocycles. The van der Waals surface area contributed by atoms with E-state index in [9.17, 15) is 4.79 Å². The molecule has 2 aromatic carbocycles. The first kappa shape index (κ1) is 19.1. The molecule has 29 heavy (non-hydrogen) atoms. The first-order valence-electron chi connectivity index (χ1n) is 9.34. The third-order valence-electron chi connectivity index (χ3n) is 4.83. The van der Waals surface area contributed by atoms with Gasteiger partial charge in [-0.1, -0.05) is 60.3 Å². The highest BCUT2D eigenvalue weighted by atomic mass is 32.2. The summed E-state index contributed by atoms with van der Waals surface area (Å²) >= 11 is 1.35. The molecule has 0 saturated heterocycles. The molecule has 0 aliphatic heterocycles. The Hall–Kier alpha value is -3.19. The minimum absolute atomic E-state index is 0.0741. The second kappa shape index (κ2) is 8.45. The van der Waals surface area contributed by atoms with Crippen molar-refractivity contribution in [1.82, 2.24) is 24.8 Å². The summed E-state index contributed by atoms with van der Waals surface area (Å²) in [7, 11) is 0. The molecule has 0 fully saturated rings. The van der Waals surface area contributed by atoms with E-state index in [2.05, 4.69) is 32.2 Å². The van der Waals surface area contributed by atoms with Crippen molar-refractivity contribution in [3.05, 3.63) is 89.2 Å². The van der Waals surface area contributed by atoms with E-state index in [0.29, 0.717) is 5.16 Å². The Morgan fingerprint density at radius 3 is 2.41 bits per heavy atom. The molecule has 4 rings (SSSR count). The maximum atomic E-state index is 12.9. The maximum absolute atomic E-state index is 12.9. The summed E-state index contributed by atoms with van der Waals surface area (Å²) in [5, 5.41) is 12.5. The molecular formula is C22H21N5OS. The van der Waals surface area contributed by atoms with E-state index >= 15 is 0 Å². The van der Waals surface area contributed by atoms with E-state index in [0.717, 1.165) is 29.2 Å². The average molecular weight is 404 g/mol. The highest BCUT2D eigenvalue weighted by molar-refractivity contribution is 7.99. The van der Waals surface area contributed by atoms with Crippen LogP contribution in [-0.4, -0.2) is 36.3 Å². The minimum atomic E-state index is 0.0741. The molecule has 0 unspecified atom stereocenters. The van der Waals surface area contributed by atoms with Crippen molar-refractivity contribution in [2.24, 2.45) is 0 Å². The van der Waals surface area contributed by atoms with Crippen LogP contribution in [0.1, 0.15) is 27.3 Å². The van der Waals surface area contributed by atoms with E-state index in [-0.39, 0.29) is 11.5 Å². The van der Waals surface area contributed by atoms with Crippen LogP contribution in [-0.2, 0) is 6.54 Å². The minimum Gasteiger partial charge on any atom is -0.344 e. The second-order valence-corrected chi connectivity index (χ2v) is 7.72. The van der Waals surface area contributed by atoms with Gasteiger partial charge < -0.3 is 4.57 Å². The molecule has 4 aromatic rings. The predicted molar refractivity (Wildman–Crippen MR) is 114 cm³/mol. The van der Waals surface area contributed by atoms with Gasteiger partial charge in [0, 0.05) is 23.5 Å². The van der Waals surface area contributed by atoms with Gasteiger partial charge in [-0.15, -0.1) is 5.10 Å². The van der Waals surface area contributed by atoms with Crippen molar-refractivity contribution in [1.29, 1.82) is 0 Å². The van der Waals surface area contributed by atoms with Gasteiger partial charge in [-0.05, 0) is 48.0 Å². The van der Waals surface area contributed by atoms with Gasteiger partial charge in [-0.2, -0.15) is 4.68 Å². The van der Waals surface area contributed by atoms with Crippen molar-refractivity contribution in [2.75, 3.05) is 5.75 Å². The number of benzene rings is 2. The Bertz CT molecular complexity index is 1120. The molecule has 7 heteroatoms. The van der Waals surface area contributed by atoms with E-state index in [4.69, 9.17) is 0 Å². The monoisotopic (exact) mass is 403 g/mol. The lowest BCUT2D eigenvalue weighted by Crippen LogP contribution is -2.08. The van der Waals surface area contributed by atoms with Crippen LogP contribution in [0.5, 0.6) is 0 Å². The molecular weight excluding hydrogens is 382 g/mol. The van der Waals surface area contributed by atoms with Gasteiger partial charge in [-0.25, -0.2) is 0 Å². The number of rotatable bonds is 7. The number of hydrogen-bond donors (Lipinski definition) is 0. The lowest BCUT2D eigenvalue weighted by molar-refractivity contribution is 0.102. The van der Waals surface area contributed by atoms with Crippen LogP contribution in [0, 0.1) is 13.8 Å². The average Bonchev–Trinajstić information content (AvgIpc) is 3.33. The highest BCUT2D eigenvalue weighted by Gasteiger charge is 2.18. The summed E-state index contributed by atoms with van der Waals surface area (Å²) in [6.07, 6.45) is 0.